The number of nitrogens with zero attached hydrogens (tertiary/aromatic N) is 1. The summed E-state index contributed by atoms with van der Waals surface area (Å²) in [7, 11) is -3.16. The normalized spacial score (nSPS) is 19.4. The molecule has 9 heteroatoms. The second-order valence-electron chi connectivity index (χ2n) is 7.11. The number of benzene rings is 2. The number of ether oxygens (including phenoxy) is 1. The molecule has 0 radical (unpaired) electrons. The van der Waals surface area contributed by atoms with Crippen LogP contribution >= 0.6 is 11.6 Å². The Kier molecular flexibility index (Phi) is 7.10. The Hall–Kier alpha value is -1.74. The standard InChI is InChI=1S/C20H22ClF2NO4S/c21-19-2-1-3-20(23)18(19)11-24(15-8-9-29(26,27)13-15)10-16(25)12-28-17-6-4-14(22)5-7-17/h1-7,15-16,25H,8-13H2. The van der Waals surface area contributed by atoms with Gasteiger partial charge in [-0.1, -0.05) is 17.7 Å². The lowest BCUT2D eigenvalue weighted by Gasteiger charge is -2.30. The van der Waals surface area contributed by atoms with E-state index in [9.17, 15) is 22.3 Å². The van der Waals surface area contributed by atoms with Crippen LogP contribution in [-0.2, 0) is 16.4 Å². The molecule has 2 aromatic rings. The van der Waals surface area contributed by atoms with E-state index in [1.54, 1.807) is 11.0 Å². The highest BCUT2D eigenvalue weighted by atomic mass is 35.5. The van der Waals surface area contributed by atoms with Gasteiger partial charge in [0.2, 0.25) is 0 Å². The van der Waals surface area contributed by atoms with Crippen molar-refractivity contribution in [2.75, 3.05) is 24.7 Å². The second kappa shape index (κ2) is 9.38. The van der Waals surface area contributed by atoms with E-state index in [4.69, 9.17) is 16.3 Å². The van der Waals surface area contributed by atoms with Gasteiger partial charge in [-0.2, -0.15) is 0 Å². The molecule has 0 amide bonds. The highest BCUT2D eigenvalue weighted by Crippen LogP contribution is 2.25. The van der Waals surface area contributed by atoms with Crippen LogP contribution in [0.3, 0.4) is 0 Å². The maximum atomic E-state index is 14.2. The van der Waals surface area contributed by atoms with E-state index in [1.807, 2.05) is 0 Å². The van der Waals surface area contributed by atoms with Crippen molar-refractivity contribution in [3.63, 3.8) is 0 Å². The minimum atomic E-state index is -3.16. The molecule has 0 aliphatic carbocycles. The van der Waals surface area contributed by atoms with Crippen molar-refractivity contribution >= 4 is 21.4 Å². The minimum absolute atomic E-state index is 0.0510. The number of hydrogen-bond donors (Lipinski definition) is 1. The highest BCUT2D eigenvalue weighted by Gasteiger charge is 2.33. The fourth-order valence-corrected chi connectivity index (χ4v) is 5.32. The van der Waals surface area contributed by atoms with Gasteiger partial charge in [0, 0.05) is 29.7 Å². The smallest absolute Gasteiger partial charge is 0.151 e. The molecule has 0 spiro atoms. The van der Waals surface area contributed by atoms with Gasteiger partial charge in [-0.25, -0.2) is 17.2 Å². The van der Waals surface area contributed by atoms with E-state index in [1.165, 1.54) is 36.4 Å². The number of hydrogen-bond acceptors (Lipinski definition) is 5. The molecule has 1 saturated heterocycles. The summed E-state index contributed by atoms with van der Waals surface area (Å²) in [6, 6.07) is 9.39. The molecule has 29 heavy (non-hydrogen) atoms. The average molecular weight is 446 g/mol. The van der Waals surface area contributed by atoms with E-state index < -0.39 is 27.6 Å². The van der Waals surface area contributed by atoms with Crippen molar-refractivity contribution < 1.29 is 27.0 Å². The van der Waals surface area contributed by atoms with Crippen LogP contribution in [-0.4, -0.2) is 55.2 Å². The quantitative estimate of drug-likeness (QED) is 0.676. The molecule has 2 unspecified atom stereocenters. The lowest BCUT2D eigenvalue weighted by Crippen LogP contribution is -2.42. The first-order chi connectivity index (χ1) is 13.7. The molecule has 1 N–H and O–H groups in total. The van der Waals surface area contributed by atoms with Crippen molar-refractivity contribution in [3.8, 4) is 5.75 Å². The zero-order valence-electron chi connectivity index (χ0n) is 15.6. The Morgan fingerprint density at radius 3 is 2.55 bits per heavy atom. The van der Waals surface area contributed by atoms with Crippen molar-refractivity contribution in [2.45, 2.75) is 25.1 Å². The average Bonchev–Trinajstić information content (AvgIpc) is 3.03. The zero-order chi connectivity index (χ0) is 21.0. The highest BCUT2D eigenvalue weighted by molar-refractivity contribution is 7.91. The molecule has 0 aromatic heterocycles. The third-order valence-electron chi connectivity index (χ3n) is 4.85. The second-order valence-corrected chi connectivity index (χ2v) is 9.74. The number of aliphatic hydroxyl groups is 1. The fourth-order valence-electron chi connectivity index (χ4n) is 3.34. The van der Waals surface area contributed by atoms with Gasteiger partial charge in [0.15, 0.2) is 9.84 Å². The topological polar surface area (TPSA) is 66.8 Å². The Balaban J connectivity index is 1.69. The van der Waals surface area contributed by atoms with Crippen LogP contribution in [0.5, 0.6) is 5.75 Å². The summed E-state index contributed by atoms with van der Waals surface area (Å²) in [5, 5.41) is 10.7. The van der Waals surface area contributed by atoms with Gasteiger partial charge in [-0.05, 0) is 42.8 Å². The summed E-state index contributed by atoms with van der Waals surface area (Å²) in [5.74, 6) is -0.474. The zero-order valence-corrected chi connectivity index (χ0v) is 17.2. The molecule has 0 bridgehead atoms. The van der Waals surface area contributed by atoms with Crippen LogP contribution < -0.4 is 4.74 Å². The Morgan fingerprint density at radius 2 is 1.93 bits per heavy atom. The first-order valence-corrected chi connectivity index (χ1v) is 11.4. The number of aliphatic hydroxyl groups excluding tert-OH is 1. The first-order valence-electron chi connectivity index (χ1n) is 9.17. The number of sulfone groups is 1. The summed E-state index contributed by atoms with van der Waals surface area (Å²) < 4.78 is 56.5. The van der Waals surface area contributed by atoms with Crippen molar-refractivity contribution in [1.82, 2.24) is 4.90 Å². The molecule has 3 rings (SSSR count). The van der Waals surface area contributed by atoms with Gasteiger partial charge in [0.1, 0.15) is 30.1 Å². The third-order valence-corrected chi connectivity index (χ3v) is 6.95. The van der Waals surface area contributed by atoms with Gasteiger partial charge in [-0.15, -0.1) is 0 Å². The van der Waals surface area contributed by atoms with Gasteiger partial charge < -0.3 is 9.84 Å². The molecule has 2 aromatic carbocycles. The molecule has 158 valence electrons. The molecular weight excluding hydrogens is 424 g/mol. The maximum absolute atomic E-state index is 14.2. The third kappa shape index (κ3) is 6.12. The predicted octanol–water partition coefficient (Wildman–Crippen LogP) is 3.05. The van der Waals surface area contributed by atoms with Crippen LogP contribution in [0, 0.1) is 11.6 Å². The lowest BCUT2D eigenvalue weighted by atomic mass is 10.1. The molecule has 1 aliphatic rings. The Bertz CT molecular complexity index is 920. The van der Waals surface area contributed by atoms with E-state index >= 15 is 0 Å². The summed E-state index contributed by atoms with van der Waals surface area (Å²) in [6.45, 7) is 0.0674. The molecule has 1 heterocycles. The van der Waals surface area contributed by atoms with Gasteiger partial charge in [0.25, 0.3) is 0 Å². The molecule has 2 atom stereocenters. The van der Waals surface area contributed by atoms with Crippen molar-refractivity contribution in [3.05, 3.63) is 64.7 Å². The Labute approximate surface area is 173 Å². The SMILES string of the molecule is O=S1(=O)CCC(N(Cc2c(F)cccc2Cl)CC(O)COc2ccc(F)cc2)C1. The van der Waals surface area contributed by atoms with Crippen LogP contribution in [0.25, 0.3) is 0 Å². The van der Waals surface area contributed by atoms with Crippen LogP contribution in [0.2, 0.25) is 5.02 Å². The Morgan fingerprint density at radius 1 is 1.21 bits per heavy atom. The summed E-state index contributed by atoms with van der Waals surface area (Å²) in [4.78, 5) is 1.73. The fraction of sp³-hybridized carbons (Fsp3) is 0.400. The number of halogens is 3. The monoisotopic (exact) mass is 445 g/mol. The maximum Gasteiger partial charge on any atom is 0.151 e. The summed E-state index contributed by atoms with van der Waals surface area (Å²) in [6.07, 6.45) is -0.561. The lowest BCUT2D eigenvalue weighted by molar-refractivity contribution is 0.0520. The van der Waals surface area contributed by atoms with Crippen molar-refractivity contribution in [1.29, 1.82) is 0 Å². The number of rotatable bonds is 8. The van der Waals surface area contributed by atoms with Gasteiger partial charge in [0.05, 0.1) is 11.5 Å². The predicted molar refractivity (Wildman–Crippen MR) is 107 cm³/mol. The molecule has 5 nitrogen and oxygen atoms in total. The molecular formula is C20H22ClF2NO4S. The van der Waals surface area contributed by atoms with E-state index in [-0.39, 0.29) is 47.8 Å². The van der Waals surface area contributed by atoms with Crippen LogP contribution in [0.15, 0.2) is 42.5 Å². The summed E-state index contributed by atoms with van der Waals surface area (Å²) >= 11 is 6.12. The van der Waals surface area contributed by atoms with Gasteiger partial charge >= 0.3 is 0 Å². The van der Waals surface area contributed by atoms with Crippen LogP contribution in [0.4, 0.5) is 8.78 Å². The first kappa shape index (κ1) is 22.0. The van der Waals surface area contributed by atoms with Crippen molar-refractivity contribution in [2.24, 2.45) is 0 Å². The summed E-state index contributed by atoms with van der Waals surface area (Å²) in [5.41, 5.74) is 0.255. The molecule has 1 aliphatic heterocycles. The van der Waals surface area contributed by atoms with E-state index in [0.717, 1.165) is 0 Å². The van der Waals surface area contributed by atoms with E-state index in [2.05, 4.69) is 0 Å². The molecule has 0 saturated carbocycles. The minimum Gasteiger partial charge on any atom is -0.491 e. The largest absolute Gasteiger partial charge is 0.491 e. The van der Waals surface area contributed by atoms with Crippen LogP contribution in [0.1, 0.15) is 12.0 Å². The van der Waals surface area contributed by atoms with E-state index in [0.29, 0.717) is 12.2 Å². The van der Waals surface area contributed by atoms with Gasteiger partial charge in [-0.3, -0.25) is 4.90 Å². The molecule has 1 fully saturated rings.